The number of hydrogen-bond acceptors (Lipinski definition) is 1. The number of nitrogens with zero attached hydrogens (tertiary/aromatic N) is 2. The normalized spacial score (nSPS) is 11.0. The molecule has 0 aliphatic heterocycles. The maximum Gasteiger partial charge on any atom is 0.258 e. The van der Waals surface area contributed by atoms with Crippen molar-refractivity contribution >= 4 is 22.5 Å². The number of para-hydroxylation sites is 1. The molecule has 0 radical (unpaired) electrons. The van der Waals surface area contributed by atoms with Gasteiger partial charge in [0, 0.05) is 34.9 Å². The highest BCUT2D eigenvalue weighted by Gasteiger charge is 2.19. The van der Waals surface area contributed by atoms with E-state index in [-0.39, 0.29) is 5.91 Å². The van der Waals surface area contributed by atoms with Crippen LogP contribution in [0.1, 0.15) is 27.2 Å². The average Bonchev–Trinajstić information content (AvgIpc) is 2.96. The Morgan fingerprint density at radius 3 is 2.21 bits per heavy atom. The lowest BCUT2D eigenvalue weighted by molar-refractivity contribution is 0.0985. The predicted molar refractivity (Wildman–Crippen MR) is 116 cm³/mol. The minimum atomic E-state index is 0.0119. The maximum absolute atomic E-state index is 13.5. The Labute approximate surface area is 165 Å². The van der Waals surface area contributed by atoms with E-state index in [1.54, 1.807) is 0 Å². The van der Waals surface area contributed by atoms with Gasteiger partial charge in [-0.25, -0.2) is 0 Å². The van der Waals surface area contributed by atoms with Gasteiger partial charge in [-0.1, -0.05) is 48.5 Å². The summed E-state index contributed by atoms with van der Waals surface area (Å²) in [6, 6.07) is 26.0. The van der Waals surface area contributed by atoms with Gasteiger partial charge < -0.3 is 9.47 Å². The zero-order valence-corrected chi connectivity index (χ0v) is 16.5. The molecular formula is C25H24N2O. The second-order valence-corrected chi connectivity index (χ2v) is 7.21. The molecule has 0 saturated carbocycles. The number of hydrogen-bond donors (Lipinski definition) is 0. The van der Waals surface area contributed by atoms with E-state index in [4.69, 9.17) is 0 Å². The van der Waals surface area contributed by atoms with Crippen LogP contribution < -0.4 is 4.90 Å². The molecule has 3 nitrogen and oxygen atoms in total. The summed E-state index contributed by atoms with van der Waals surface area (Å²) in [7, 11) is 2.07. The van der Waals surface area contributed by atoms with Crippen molar-refractivity contribution < 1.29 is 4.79 Å². The van der Waals surface area contributed by atoms with Crippen LogP contribution in [0.2, 0.25) is 0 Å². The predicted octanol–water partition coefficient (Wildman–Crippen LogP) is 5.64. The fourth-order valence-electron chi connectivity index (χ4n) is 3.70. The van der Waals surface area contributed by atoms with Crippen molar-refractivity contribution in [3.63, 3.8) is 0 Å². The second-order valence-electron chi connectivity index (χ2n) is 7.21. The van der Waals surface area contributed by atoms with E-state index in [2.05, 4.69) is 37.6 Å². The van der Waals surface area contributed by atoms with Crippen LogP contribution in [0.4, 0.5) is 5.69 Å². The Kier molecular flexibility index (Phi) is 4.74. The molecule has 28 heavy (non-hydrogen) atoms. The summed E-state index contributed by atoms with van der Waals surface area (Å²) in [5.41, 5.74) is 6.32. The van der Waals surface area contributed by atoms with Gasteiger partial charge in [0.25, 0.3) is 5.91 Å². The molecule has 0 bridgehead atoms. The third kappa shape index (κ3) is 3.20. The highest BCUT2D eigenvalue weighted by atomic mass is 16.2. The lowest BCUT2D eigenvalue weighted by Gasteiger charge is -2.23. The molecule has 0 saturated heterocycles. The molecule has 0 atom stereocenters. The fraction of sp³-hybridized carbons (Fsp3) is 0.160. The summed E-state index contributed by atoms with van der Waals surface area (Å²) in [5, 5.41) is 1.14. The molecule has 4 rings (SSSR count). The van der Waals surface area contributed by atoms with Gasteiger partial charge in [0.05, 0.1) is 6.54 Å². The highest BCUT2D eigenvalue weighted by molar-refractivity contribution is 6.08. The molecular weight excluding hydrogens is 344 g/mol. The first-order valence-electron chi connectivity index (χ1n) is 9.52. The molecule has 0 spiro atoms. The Morgan fingerprint density at radius 2 is 1.54 bits per heavy atom. The van der Waals surface area contributed by atoms with E-state index in [9.17, 15) is 4.79 Å². The van der Waals surface area contributed by atoms with Crippen molar-refractivity contribution in [3.05, 3.63) is 101 Å². The van der Waals surface area contributed by atoms with Gasteiger partial charge in [-0.2, -0.15) is 0 Å². The minimum Gasteiger partial charge on any atom is -0.348 e. The average molecular weight is 368 g/mol. The first-order chi connectivity index (χ1) is 13.6. The van der Waals surface area contributed by atoms with E-state index >= 15 is 0 Å². The van der Waals surface area contributed by atoms with Crippen LogP contribution >= 0.6 is 0 Å². The highest BCUT2D eigenvalue weighted by Crippen LogP contribution is 2.27. The van der Waals surface area contributed by atoms with Crippen molar-refractivity contribution in [3.8, 4) is 0 Å². The first kappa shape index (κ1) is 18.1. The molecule has 0 aliphatic rings. The van der Waals surface area contributed by atoms with Crippen molar-refractivity contribution in [1.29, 1.82) is 0 Å². The Hall–Kier alpha value is -3.33. The number of anilines is 1. The van der Waals surface area contributed by atoms with E-state index < -0.39 is 0 Å². The molecule has 140 valence electrons. The smallest absolute Gasteiger partial charge is 0.258 e. The number of aromatic nitrogens is 1. The molecule has 1 amide bonds. The monoisotopic (exact) mass is 368 g/mol. The number of rotatable bonds is 4. The molecule has 1 heterocycles. The lowest BCUT2D eigenvalue weighted by atomic mass is 10.1. The van der Waals surface area contributed by atoms with E-state index in [0.717, 1.165) is 22.2 Å². The van der Waals surface area contributed by atoms with Gasteiger partial charge in [-0.15, -0.1) is 0 Å². The number of carbonyl (C=O) groups is 1. The summed E-state index contributed by atoms with van der Waals surface area (Å²) >= 11 is 0. The van der Waals surface area contributed by atoms with Crippen LogP contribution in [0.3, 0.4) is 0 Å². The number of carbonyl (C=O) groups excluding carboxylic acids is 1. The largest absolute Gasteiger partial charge is 0.348 e. The van der Waals surface area contributed by atoms with Crippen molar-refractivity contribution in [1.82, 2.24) is 4.57 Å². The summed E-state index contributed by atoms with van der Waals surface area (Å²) < 4.78 is 2.18. The molecule has 0 N–H and O–H groups in total. The van der Waals surface area contributed by atoms with Crippen LogP contribution in [0.15, 0.2) is 78.9 Å². The van der Waals surface area contributed by atoms with Crippen LogP contribution in [-0.2, 0) is 13.6 Å². The topological polar surface area (TPSA) is 25.2 Å². The van der Waals surface area contributed by atoms with Crippen molar-refractivity contribution in [2.45, 2.75) is 20.4 Å². The van der Waals surface area contributed by atoms with E-state index in [1.807, 2.05) is 71.6 Å². The summed E-state index contributed by atoms with van der Waals surface area (Å²) in [5.74, 6) is 0.0119. The minimum absolute atomic E-state index is 0.0119. The van der Waals surface area contributed by atoms with Gasteiger partial charge in [0.15, 0.2) is 0 Å². The lowest BCUT2D eigenvalue weighted by Crippen LogP contribution is -2.30. The SMILES string of the molecule is Cc1c(C)n(C)c2ccc(C(=O)N(Cc3ccccc3)c3ccccc3)cc12. The Morgan fingerprint density at radius 1 is 0.893 bits per heavy atom. The molecule has 0 fully saturated rings. The Bertz CT molecular complexity index is 1130. The first-order valence-corrected chi connectivity index (χ1v) is 9.52. The van der Waals surface area contributed by atoms with Crippen LogP contribution in [0, 0.1) is 13.8 Å². The zero-order chi connectivity index (χ0) is 19.7. The number of aryl methyl sites for hydroxylation is 2. The fourth-order valence-corrected chi connectivity index (χ4v) is 3.70. The van der Waals surface area contributed by atoms with Crippen molar-refractivity contribution in [2.75, 3.05) is 4.90 Å². The molecule has 0 aliphatic carbocycles. The third-order valence-electron chi connectivity index (χ3n) is 5.55. The van der Waals surface area contributed by atoms with Crippen molar-refractivity contribution in [2.24, 2.45) is 7.05 Å². The molecule has 4 aromatic rings. The van der Waals surface area contributed by atoms with Gasteiger partial charge >= 0.3 is 0 Å². The quantitative estimate of drug-likeness (QED) is 0.457. The van der Waals surface area contributed by atoms with E-state index in [0.29, 0.717) is 12.1 Å². The van der Waals surface area contributed by atoms with Gasteiger partial charge in [-0.3, -0.25) is 4.79 Å². The second kappa shape index (κ2) is 7.35. The third-order valence-corrected chi connectivity index (χ3v) is 5.55. The number of amides is 1. The molecule has 3 heteroatoms. The molecule has 3 aromatic carbocycles. The number of fused-ring (bicyclic) bond motifs is 1. The zero-order valence-electron chi connectivity index (χ0n) is 16.5. The van der Waals surface area contributed by atoms with Crippen LogP contribution in [0.25, 0.3) is 10.9 Å². The van der Waals surface area contributed by atoms with E-state index in [1.165, 1.54) is 11.3 Å². The summed E-state index contributed by atoms with van der Waals surface area (Å²) in [6.45, 7) is 4.77. The van der Waals surface area contributed by atoms with Crippen LogP contribution in [0.5, 0.6) is 0 Å². The summed E-state index contributed by atoms with van der Waals surface area (Å²) in [6.07, 6.45) is 0. The summed E-state index contributed by atoms with van der Waals surface area (Å²) in [4.78, 5) is 15.4. The maximum atomic E-state index is 13.5. The van der Waals surface area contributed by atoms with Gasteiger partial charge in [0.2, 0.25) is 0 Å². The molecule has 0 unspecified atom stereocenters. The molecule has 1 aromatic heterocycles. The Balaban J connectivity index is 1.77. The standard InChI is InChI=1S/C25H24N2O/c1-18-19(2)26(3)24-15-14-21(16-23(18)24)25(28)27(22-12-8-5-9-13-22)17-20-10-6-4-7-11-20/h4-16H,17H2,1-3H3. The van der Waals surface area contributed by atoms with Gasteiger partial charge in [0.1, 0.15) is 0 Å². The van der Waals surface area contributed by atoms with Crippen LogP contribution in [-0.4, -0.2) is 10.5 Å². The van der Waals surface area contributed by atoms with Gasteiger partial charge in [-0.05, 0) is 55.3 Å². The number of benzene rings is 3.